The van der Waals surface area contributed by atoms with Gasteiger partial charge in [-0.05, 0) is 24.6 Å². The lowest BCUT2D eigenvalue weighted by Crippen LogP contribution is -2.03. The molecule has 18 heavy (non-hydrogen) atoms. The Kier molecular flexibility index (Phi) is 4.33. The lowest BCUT2D eigenvalue weighted by Gasteiger charge is -2.09. The molecule has 2 rings (SSSR count). The third kappa shape index (κ3) is 3.09. The zero-order valence-electron chi connectivity index (χ0n) is 10.6. The number of pyridine rings is 1. The quantitative estimate of drug-likeness (QED) is 0.901. The molecule has 2 aromatic heterocycles. The van der Waals surface area contributed by atoms with Crippen molar-refractivity contribution in [3.05, 3.63) is 45.8 Å². The van der Waals surface area contributed by atoms with Gasteiger partial charge in [0.15, 0.2) is 0 Å². The van der Waals surface area contributed by atoms with Gasteiger partial charge in [-0.15, -0.1) is 11.3 Å². The van der Waals surface area contributed by atoms with Crippen LogP contribution in [0, 0.1) is 0 Å². The number of hydrogen-bond donors (Lipinski definition) is 1. The molecule has 0 saturated heterocycles. The van der Waals surface area contributed by atoms with Crippen molar-refractivity contribution < 1.29 is 9.84 Å². The average molecular weight is 263 g/mol. The maximum Gasteiger partial charge on any atom is 0.213 e. The van der Waals surface area contributed by atoms with Gasteiger partial charge in [-0.2, -0.15) is 0 Å². The van der Waals surface area contributed by atoms with E-state index in [4.69, 9.17) is 4.74 Å². The summed E-state index contributed by atoms with van der Waals surface area (Å²) in [5.41, 5.74) is 0.654. The van der Waals surface area contributed by atoms with Gasteiger partial charge in [0.2, 0.25) is 5.88 Å². The lowest BCUT2D eigenvalue weighted by atomic mass is 10.1. The second-order valence-electron chi connectivity index (χ2n) is 4.05. The van der Waals surface area contributed by atoms with Crippen molar-refractivity contribution in [3.8, 4) is 5.88 Å². The second kappa shape index (κ2) is 5.98. The molecule has 0 bridgehead atoms. The van der Waals surface area contributed by atoms with E-state index < -0.39 is 6.10 Å². The van der Waals surface area contributed by atoms with Crippen LogP contribution in [0.2, 0.25) is 0 Å². The molecule has 2 aromatic rings. The van der Waals surface area contributed by atoms with Crippen molar-refractivity contribution in [2.24, 2.45) is 0 Å². The first kappa shape index (κ1) is 13.1. The monoisotopic (exact) mass is 263 g/mol. The summed E-state index contributed by atoms with van der Waals surface area (Å²) >= 11 is 1.75. The molecular weight excluding hydrogens is 246 g/mol. The summed E-state index contributed by atoms with van der Waals surface area (Å²) < 4.78 is 5.06. The molecule has 0 saturated carbocycles. The predicted molar refractivity (Wildman–Crippen MR) is 73.1 cm³/mol. The molecule has 0 radical (unpaired) electrons. The molecule has 3 nitrogen and oxygen atoms in total. The van der Waals surface area contributed by atoms with Gasteiger partial charge in [0.25, 0.3) is 0 Å². The fraction of sp³-hybridized carbons (Fsp3) is 0.357. The average Bonchev–Trinajstić information content (AvgIpc) is 2.86. The number of nitrogens with zero attached hydrogens (tertiary/aromatic N) is 1. The van der Waals surface area contributed by atoms with Crippen LogP contribution in [0.1, 0.15) is 28.5 Å². The standard InChI is InChI=1S/C14H17NO2S/c1-3-10-7-8-11(18-10)9-13(16)12-5-4-6-14(15-12)17-2/h4-8,13,16H,3,9H2,1-2H3. The molecule has 96 valence electrons. The van der Waals surface area contributed by atoms with E-state index in [0.717, 1.165) is 6.42 Å². The Morgan fingerprint density at radius 3 is 2.72 bits per heavy atom. The topological polar surface area (TPSA) is 42.4 Å². The van der Waals surface area contributed by atoms with Crippen LogP contribution < -0.4 is 4.74 Å². The van der Waals surface area contributed by atoms with E-state index in [1.165, 1.54) is 9.75 Å². The third-order valence-corrected chi connectivity index (χ3v) is 4.01. The predicted octanol–water partition coefficient (Wildman–Crippen LogP) is 2.99. The molecule has 0 fully saturated rings. The van der Waals surface area contributed by atoms with Crippen molar-refractivity contribution in [3.63, 3.8) is 0 Å². The van der Waals surface area contributed by atoms with Gasteiger partial charge in [-0.1, -0.05) is 13.0 Å². The van der Waals surface area contributed by atoms with E-state index in [9.17, 15) is 5.11 Å². The normalized spacial score (nSPS) is 12.4. The van der Waals surface area contributed by atoms with Crippen molar-refractivity contribution in [1.29, 1.82) is 0 Å². The van der Waals surface area contributed by atoms with Gasteiger partial charge in [0.1, 0.15) is 6.10 Å². The van der Waals surface area contributed by atoms with E-state index in [2.05, 4.69) is 24.0 Å². The Morgan fingerprint density at radius 1 is 1.28 bits per heavy atom. The smallest absolute Gasteiger partial charge is 0.213 e. The highest BCUT2D eigenvalue weighted by atomic mass is 32.1. The van der Waals surface area contributed by atoms with Gasteiger partial charge in [-0.25, -0.2) is 4.98 Å². The third-order valence-electron chi connectivity index (χ3n) is 2.76. The van der Waals surface area contributed by atoms with Crippen LogP contribution in [0.25, 0.3) is 0 Å². The van der Waals surface area contributed by atoms with Gasteiger partial charge in [-0.3, -0.25) is 0 Å². The molecule has 1 unspecified atom stereocenters. The SMILES string of the molecule is CCc1ccc(CC(O)c2cccc(OC)n2)s1. The van der Waals surface area contributed by atoms with E-state index >= 15 is 0 Å². The molecule has 0 amide bonds. The Labute approximate surface area is 111 Å². The van der Waals surface area contributed by atoms with Crippen molar-refractivity contribution in [1.82, 2.24) is 4.98 Å². The highest BCUT2D eigenvalue weighted by molar-refractivity contribution is 7.11. The number of thiophene rings is 1. The summed E-state index contributed by atoms with van der Waals surface area (Å²) in [7, 11) is 1.57. The molecular formula is C14H17NO2S. The van der Waals surface area contributed by atoms with Crippen LogP contribution >= 0.6 is 11.3 Å². The number of rotatable bonds is 5. The van der Waals surface area contributed by atoms with Gasteiger partial charge in [0, 0.05) is 22.2 Å². The summed E-state index contributed by atoms with van der Waals surface area (Å²) in [6, 6.07) is 9.63. The summed E-state index contributed by atoms with van der Waals surface area (Å²) in [6.45, 7) is 2.13. The maximum absolute atomic E-state index is 10.2. The molecule has 0 aliphatic carbocycles. The molecule has 1 atom stereocenters. The van der Waals surface area contributed by atoms with E-state index in [1.807, 2.05) is 12.1 Å². The largest absolute Gasteiger partial charge is 0.481 e. The number of hydrogen-bond acceptors (Lipinski definition) is 4. The number of aryl methyl sites for hydroxylation is 1. The number of aliphatic hydroxyl groups is 1. The fourth-order valence-corrected chi connectivity index (χ4v) is 2.74. The first-order valence-electron chi connectivity index (χ1n) is 5.99. The van der Waals surface area contributed by atoms with Crippen LogP contribution in [-0.4, -0.2) is 17.2 Å². The molecule has 0 spiro atoms. The Hall–Kier alpha value is -1.39. The highest BCUT2D eigenvalue weighted by Gasteiger charge is 2.12. The molecule has 0 aliphatic rings. The molecule has 0 aromatic carbocycles. The van der Waals surface area contributed by atoms with Crippen molar-refractivity contribution in [2.45, 2.75) is 25.9 Å². The maximum atomic E-state index is 10.2. The van der Waals surface area contributed by atoms with Crippen molar-refractivity contribution in [2.75, 3.05) is 7.11 Å². The number of aliphatic hydroxyl groups excluding tert-OH is 1. The van der Waals surface area contributed by atoms with E-state index in [0.29, 0.717) is 18.0 Å². The summed E-state index contributed by atoms with van der Waals surface area (Å²) in [6.07, 6.45) is 1.06. The Balaban J connectivity index is 2.08. The van der Waals surface area contributed by atoms with Crippen LogP contribution in [-0.2, 0) is 12.8 Å². The molecule has 0 aliphatic heterocycles. The minimum Gasteiger partial charge on any atom is -0.481 e. The summed E-state index contributed by atoms with van der Waals surface area (Å²) in [4.78, 5) is 6.77. The first-order valence-corrected chi connectivity index (χ1v) is 6.81. The molecule has 4 heteroatoms. The molecule has 1 N–H and O–H groups in total. The minimum absolute atomic E-state index is 0.534. The fourth-order valence-electron chi connectivity index (χ4n) is 1.75. The number of ether oxygens (including phenoxy) is 1. The van der Waals surface area contributed by atoms with Gasteiger partial charge >= 0.3 is 0 Å². The Morgan fingerprint density at radius 2 is 2.06 bits per heavy atom. The summed E-state index contributed by atoms with van der Waals surface area (Å²) in [5.74, 6) is 0.534. The zero-order chi connectivity index (χ0) is 13.0. The minimum atomic E-state index is -0.580. The highest BCUT2D eigenvalue weighted by Crippen LogP contribution is 2.24. The lowest BCUT2D eigenvalue weighted by molar-refractivity contribution is 0.173. The Bertz CT molecular complexity index is 510. The molecule has 2 heterocycles. The van der Waals surface area contributed by atoms with Gasteiger partial charge < -0.3 is 9.84 Å². The summed E-state index contributed by atoms with van der Waals surface area (Å²) in [5, 5.41) is 10.2. The number of methoxy groups -OCH3 is 1. The number of aromatic nitrogens is 1. The zero-order valence-corrected chi connectivity index (χ0v) is 11.4. The van der Waals surface area contributed by atoms with Crippen LogP contribution in [0.5, 0.6) is 5.88 Å². The van der Waals surface area contributed by atoms with Crippen LogP contribution in [0.15, 0.2) is 30.3 Å². The van der Waals surface area contributed by atoms with Crippen LogP contribution in [0.3, 0.4) is 0 Å². The first-order chi connectivity index (χ1) is 8.72. The second-order valence-corrected chi connectivity index (χ2v) is 5.30. The van der Waals surface area contributed by atoms with Crippen LogP contribution in [0.4, 0.5) is 0 Å². The van der Waals surface area contributed by atoms with Crippen molar-refractivity contribution >= 4 is 11.3 Å². The van der Waals surface area contributed by atoms with E-state index in [1.54, 1.807) is 24.5 Å². The van der Waals surface area contributed by atoms with Gasteiger partial charge in [0.05, 0.1) is 12.8 Å². The van der Waals surface area contributed by atoms with E-state index in [-0.39, 0.29) is 0 Å².